The number of halogens is 2. The van der Waals surface area contributed by atoms with Crippen LogP contribution in [0, 0.1) is 11.6 Å². The molecule has 0 fully saturated rings. The number of para-hydroxylation sites is 2. The summed E-state index contributed by atoms with van der Waals surface area (Å²) in [6.07, 6.45) is 0. The highest BCUT2D eigenvalue weighted by Gasteiger charge is 2.33. The zero-order valence-corrected chi connectivity index (χ0v) is 15.0. The Hall–Kier alpha value is -3.74. The molecule has 1 N–H and O–H groups in total. The lowest BCUT2D eigenvalue weighted by atomic mass is 9.88. The molecule has 0 saturated carbocycles. The first-order valence-electron chi connectivity index (χ1n) is 8.80. The molecular formula is C22H15F2NO4. The fourth-order valence-corrected chi connectivity index (χ4v) is 3.16. The van der Waals surface area contributed by atoms with E-state index in [1.54, 1.807) is 48.5 Å². The van der Waals surface area contributed by atoms with Gasteiger partial charge in [0.15, 0.2) is 6.61 Å². The van der Waals surface area contributed by atoms with Crippen LogP contribution < -0.4 is 10.1 Å². The first-order chi connectivity index (χ1) is 14.0. The highest BCUT2D eigenvalue weighted by molar-refractivity contribution is 5.94. The molecule has 1 aliphatic heterocycles. The van der Waals surface area contributed by atoms with Crippen LogP contribution in [0.1, 0.15) is 17.0 Å². The van der Waals surface area contributed by atoms with E-state index in [2.05, 4.69) is 5.32 Å². The van der Waals surface area contributed by atoms with Crippen molar-refractivity contribution in [2.24, 2.45) is 0 Å². The minimum Gasteiger partial charge on any atom is -0.457 e. The molecule has 146 valence electrons. The molecule has 1 amide bonds. The number of amides is 1. The van der Waals surface area contributed by atoms with Crippen molar-refractivity contribution in [2.45, 2.75) is 5.92 Å². The van der Waals surface area contributed by atoms with Crippen LogP contribution in [0.3, 0.4) is 0 Å². The fourth-order valence-electron chi connectivity index (χ4n) is 3.16. The average molecular weight is 395 g/mol. The molecule has 0 atom stereocenters. The van der Waals surface area contributed by atoms with Crippen LogP contribution in [0.5, 0.6) is 11.5 Å². The molecule has 0 aliphatic carbocycles. The van der Waals surface area contributed by atoms with Gasteiger partial charge in [-0.1, -0.05) is 36.4 Å². The quantitative estimate of drug-likeness (QED) is 0.666. The molecule has 0 unspecified atom stereocenters. The van der Waals surface area contributed by atoms with Gasteiger partial charge in [0.1, 0.15) is 29.1 Å². The standard InChI is InChI=1S/C22H15F2NO4/c23-13-9-10-17(16(24)11-13)25-20(26)12-28-22(27)21-14-5-1-3-7-18(14)29-19-8-4-2-6-15(19)21/h1-11,21H,12H2,(H,25,26). The molecule has 0 radical (unpaired) electrons. The molecule has 3 aromatic rings. The molecule has 5 nitrogen and oxygen atoms in total. The third-order valence-corrected chi connectivity index (χ3v) is 4.47. The van der Waals surface area contributed by atoms with Crippen molar-refractivity contribution in [3.63, 3.8) is 0 Å². The number of hydrogen-bond donors (Lipinski definition) is 1. The monoisotopic (exact) mass is 395 g/mol. The van der Waals surface area contributed by atoms with Crippen LogP contribution in [0.4, 0.5) is 14.5 Å². The number of rotatable bonds is 4. The third-order valence-electron chi connectivity index (χ3n) is 4.47. The average Bonchev–Trinajstić information content (AvgIpc) is 2.72. The van der Waals surface area contributed by atoms with Gasteiger partial charge in [0.2, 0.25) is 0 Å². The summed E-state index contributed by atoms with van der Waals surface area (Å²) in [6, 6.07) is 16.9. The summed E-state index contributed by atoms with van der Waals surface area (Å²) in [6.45, 7) is -0.614. The number of carbonyl (C=O) groups is 2. The van der Waals surface area contributed by atoms with E-state index in [1.807, 2.05) is 0 Å². The third kappa shape index (κ3) is 3.80. The van der Waals surface area contributed by atoms with Crippen molar-refractivity contribution < 1.29 is 27.8 Å². The molecule has 1 heterocycles. The van der Waals surface area contributed by atoms with E-state index in [4.69, 9.17) is 9.47 Å². The number of fused-ring (bicyclic) bond motifs is 2. The predicted octanol–water partition coefficient (Wildman–Crippen LogP) is 4.38. The maximum absolute atomic E-state index is 13.7. The lowest BCUT2D eigenvalue weighted by molar-refractivity contribution is -0.148. The number of anilines is 1. The Morgan fingerprint density at radius 3 is 2.17 bits per heavy atom. The summed E-state index contributed by atoms with van der Waals surface area (Å²) >= 11 is 0. The molecule has 4 rings (SSSR count). The lowest BCUT2D eigenvalue weighted by Gasteiger charge is -2.26. The highest BCUT2D eigenvalue weighted by Crippen LogP contribution is 2.44. The summed E-state index contributed by atoms with van der Waals surface area (Å²) in [5.41, 5.74) is 1.05. The van der Waals surface area contributed by atoms with Gasteiger partial charge in [0.05, 0.1) is 5.69 Å². The molecule has 0 spiro atoms. The Morgan fingerprint density at radius 1 is 0.931 bits per heavy atom. The maximum Gasteiger partial charge on any atom is 0.318 e. The molecular weight excluding hydrogens is 380 g/mol. The van der Waals surface area contributed by atoms with Gasteiger partial charge in [0, 0.05) is 17.2 Å². The first kappa shape index (κ1) is 18.6. The number of carbonyl (C=O) groups excluding carboxylic acids is 2. The van der Waals surface area contributed by atoms with Crippen LogP contribution in [0.2, 0.25) is 0 Å². The van der Waals surface area contributed by atoms with Crippen molar-refractivity contribution >= 4 is 17.6 Å². The molecule has 7 heteroatoms. The zero-order valence-electron chi connectivity index (χ0n) is 15.0. The maximum atomic E-state index is 13.7. The van der Waals surface area contributed by atoms with Gasteiger partial charge in [0.25, 0.3) is 5.91 Å². The molecule has 3 aromatic carbocycles. The van der Waals surface area contributed by atoms with Crippen molar-refractivity contribution in [1.29, 1.82) is 0 Å². The second-order valence-corrected chi connectivity index (χ2v) is 6.39. The van der Waals surface area contributed by atoms with Crippen molar-refractivity contribution in [1.82, 2.24) is 0 Å². The van der Waals surface area contributed by atoms with Crippen molar-refractivity contribution in [3.8, 4) is 11.5 Å². The van der Waals surface area contributed by atoms with Gasteiger partial charge < -0.3 is 14.8 Å². The topological polar surface area (TPSA) is 64.6 Å². The molecule has 29 heavy (non-hydrogen) atoms. The first-order valence-corrected chi connectivity index (χ1v) is 8.80. The molecule has 0 saturated heterocycles. The number of esters is 1. The van der Waals surface area contributed by atoms with E-state index in [0.29, 0.717) is 28.7 Å². The van der Waals surface area contributed by atoms with E-state index in [1.165, 1.54) is 0 Å². The predicted molar refractivity (Wildman–Crippen MR) is 101 cm³/mol. The number of ether oxygens (including phenoxy) is 2. The van der Waals surface area contributed by atoms with Crippen molar-refractivity contribution in [3.05, 3.63) is 89.5 Å². The normalized spacial score (nSPS) is 12.3. The van der Waals surface area contributed by atoms with E-state index in [0.717, 1.165) is 12.1 Å². The summed E-state index contributed by atoms with van der Waals surface area (Å²) in [5, 5.41) is 2.25. The van der Waals surface area contributed by atoms with Gasteiger partial charge in [-0.25, -0.2) is 8.78 Å². The zero-order chi connectivity index (χ0) is 20.4. The van der Waals surface area contributed by atoms with Crippen LogP contribution in [-0.2, 0) is 14.3 Å². The van der Waals surface area contributed by atoms with Crippen LogP contribution in [-0.4, -0.2) is 18.5 Å². The van der Waals surface area contributed by atoms with Gasteiger partial charge in [-0.3, -0.25) is 9.59 Å². The van der Waals surface area contributed by atoms with Crippen LogP contribution >= 0.6 is 0 Å². The summed E-state index contributed by atoms with van der Waals surface area (Å²) < 4.78 is 37.6. The molecule has 0 bridgehead atoms. The summed E-state index contributed by atoms with van der Waals surface area (Å²) in [4.78, 5) is 24.9. The van der Waals surface area contributed by atoms with E-state index in [-0.39, 0.29) is 5.69 Å². The molecule has 1 aliphatic rings. The Balaban J connectivity index is 1.49. The summed E-state index contributed by atoms with van der Waals surface area (Å²) in [5.74, 6) is -2.75. The Kier molecular flexibility index (Phi) is 4.95. The van der Waals surface area contributed by atoms with E-state index >= 15 is 0 Å². The van der Waals surface area contributed by atoms with Gasteiger partial charge >= 0.3 is 5.97 Å². The summed E-state index contributed by atoms with van der Waals surface area (Å²) in [7, 11) is 0. The van der Waals surface area contributed by atoms with Gasteiger partial charge in [-0.2, -0.15) is 0 Å². The fraction of sp³-hybridized carbons (Fsp3) is 0.0909. The Bertz CT molecular complexity index is 1050. The second kappa shape index (κ2) is 7.71. The van der Waals surface area contributed by atoms with E-state index < -0.39 is 36.0 Å². The van der Waals surface area contributed by atoms with E-state index in [9.17, 15) is 18.4 Å². The number of nitrogens with one attached hydrogen (secondary N) is 1. The highest BCUT2D eigenvalue weighted by atomic mass is 19.1. The molecule has 0 aromatic heterocycles. The lowest BCUT2D eigenvalue weighted by Crippen LogP contribution is -2.26. The number of benzene rings is 3. The smallest absolute Gasteiger partial charge is 0.318 e. The minimum atomic E-state index is -0.919. The van der Waals surface area contributed by atoms with Gasteiger partial charge in [-0.05, 0) is 24.3 Å². The Labute approximate surface area is 164 Å². The minimum absolute atomic E-state index is 0.200. The van der Waals surface area contributed by atoms with Crippen LogP contribution in [0.15, 0.2) is 66.7 Å². The van der Waals surface area contributed by atoms with Gasteiger partial charge in [-0.15, -0.1) is 0 Å². The van der Waals surface area contributed by atoms with Crippen molar-refractivity contribution in [2.75, 3.05) is 11.9 Å². The number of hydrogen-bond acceptors (Lipinski definition) is 4. The second-order valence-electron chi connectivity index (χ2n) is 6.39. The Morgan fingerprint density at radius 2 is 1.55 bits per heavy atom. The SMILES string of the molecule is O=C(COC(=O)C1c2ccccc2Oc2ccccc21)Nc1ccc(F)cc1F. The largest absolute Gasteiger partial charge is 0.457 e. The van der Waals surface area contributed by atoms with Crippen LogP contribution in [0.25, 0.3) is 0 Å².